The first kappa shape index (κ1) is 14.1. The van der Waals surface area contributed by atoms with Crippen molar-refractivity contribution >= 4 is 26.7 Å². The van der Waals surface area contributed by atoms with Crippen LogP contribution in [0.3, 0.4) is 0 Å². The van der Waals surface area contributed by atoms with Crippen LogP contribution in [0.2, 0.25) is 0 Å². The Labute approximate surface area is 132 Å². The lowest BCUT2D eigenvalue weighted by Gasteiger charge is -2.12. The molecule has 0 spiro atoms. The molecule has 2 nitrogen and oxygen atoms in total. The summed E-state index contributed by atoms with van der Waals surface area (Å²) in [6.45, 7) is 1.04. The van der Waals surface area contributed by atoms with Gasteiger partial charge in [-0.3, -0.25) is 0 Å². The van der Waals surface area contributed by atoms with Crippen LogP contribution in [0.5, 0.6) is 5.75 Å². The molecular formula is C18H16BrNO. The highest BCUT2D eigenvalue weighted by Crippen LogP contribution is 2.33. The molecule has 0 aliphatic heterocycles. The van der Waals surface area contributed by atoms with Gasteiger partial charge < -0.3 is 10.5 Å². The topological polar surface area (TPSA) is 35.2 Å². The molecular weight excluding hydrogens is 326 g/mol. The van der Waals surface area contributed by atoms with Gasteiger partial charge in [0.2, 0.25) is 0 Å². The standard InChI is InChI=1S/C18H16BrNO/c19-18-16-8-4-3-5-13(16)9-10-17(18)21-12-15-7-2-1-6-14(15)11-20/h1-10H,11-12,20H2. The molecule has 0 fully saturated rings. The summed E-state index contributed by atoms with van der Waals surface area (Å²) in [5.41, 5.74) is 8.00. The average molecular weight is 342 g/mol. The van der Waals surface area contributed by atoms with Crippen molar-refractivity contribution in [3.05, 3.63) is 76.3 Å². The maximum atomic E-state index is 5.97. The van der Waals surface area contributed by atoms with E-state index in [0.29, 0.717) is 13.2 Å². The maximum absolute atomic E-state index is 5.97. The summed E-state index contributed by atoms with van der Waals surface area (Å²) < 4.78 is 6.96. The first-order chi connectivity index (χ1) is 10.3. The van der Waals surface area contributed by atoms with Crippen molar-refractivity contribution in [1.29, 1.82) is 0 Å². The summed E-state index contributed by atoms with van der Waals surface area (Å²) in [4.78, 5) is 0. The molecule has 0 atom stereocenters. The minimum atomic E-state index is 0.518. The van der Waals surface area contributed by atoms with Gasteiger partial charge in [-0.25, -0.2) is 0 Å². The first-order valence-corrected chi connectivity index (χ1v) is 7.66. The molecule has 0 amide bonds. The molecule has 0 unspecified atom stereocenters. The average Bonchev–Trinajstić information content (AvgIpc) is 2.55. The molecule has 3 aromatic carbocycles. The van der Waals surface area contributed by atoms with Crippen molar-refractivity contribution < 1.29 is 4.74 Å². The first-order valence-electron chi connectivity index (χ1n) is 6.86. The zero-order valence-corrected chi connectivity index (χ0v) is 13.1. The Hall–Kier alpha value is -1.84. The van der Waals surface area contributed by atoms with Gasteiger partial charge in [0, 0.05) is 6.54 Å². The lowest BCUT2D eigenvalue weighted by molar-refractivity contribution is 0.303. The van der Waals surface area contributed by atoms with E-state index in [9.17, 15) is 0 Å². The van der Waals surface area contributed by atoms with Gasteiger partial charge in [0.25, 0.3) is 0 Å². The predicted molar refractivity (Wildman–Crippen MR) is 90.3 cm³/mol. The van der Waals surface area contributed by atoms with Crippen LogP contribution in [0.4, 0.5) is 0 Å². The molecule has 0 saturated carbocycles. The fourth-order valence-electron chi connectivity index (χ4n) is 2.38. The van der Waals surface area contributed by atoms with E-state index in [1.54, 1.807) is 0 Å². The van der Waals surface area contributed by atoms with E-state index in [0.717, 1.165) is 26.7 Å². The second kappa shape index (κ2) is 6.29. The summed E-state index contributed by atoms with van der Waals surface area (Å²) in [5.74, 6) is 0.848. The monoisotopic (exact) mass is 341 g/mol. The SMILES string of the molecule is NCc1ccccc1COc1ccc2ccccc2c1Br. The summed E-state index contributed by atoms with van der Waals surface area (Å²) in [5, 5.41) is 2.35. The molecule has 0 aliphatic carbocycles. The van der Waals surface area contributed by atoms with Crippen molar-refractivity contribution in [1.82, 2.24) is 0 Å². The molecule has 0 radical (unpaired) electrons. The van der Waals surface area contributed by atoms with Crippen LogP contribution < -0.4 is 10.5 Å². The third-order valence-electron chi connectivity index (χ3n) is 3.55. The highest BCUT2D eigenvalue weighted by Gasteiger charge is 2.07. The lowest BCUT2D eigenvalue weighted by atomic mass is 10.1. The van der Waals surface area contributed by atoms with Gasteiger partial charge in [0.15, 0.2) is 0 Å². The fraction of sp³-hybridized carbons (Fsp3) is 0.111. The second-order valence-corrected chi connectivity index (χ2v) is 5.65. The lowest BCUT2D eigenvalue weighted by Crippen LogP contribution is -2.04. The van der Waals surface area contributed by atoms with Crippen molar-refractivity contribution in [2.75, 3.05) is 0 Å². The highest BCUT2D eigenvalue weighted by molar-refractivity contribution is 9.10. The van der Waals surface area contributed by atoms with Crippen molar-refractivity contribution in [3.63, 3.8) is 0 Å². The number of ether oxygens (including phenoxy) is 1. The number of halogens is 1. The Morgan fingerprint density at radius 2 is 1.57 bits per heavy atom. The van der Waals surface area contributed by atoms with Crippen molar-refractivity contribution in [2.45, 2.75) is 13.2 Å². The molecule has 0 bridgehead atoms. The maximum Gasteiger partial charge on any atom is 0.134 e. The number of rotatable bonds is 4. The number of hydrogen-bond donors (Lipinski definition) is 1. The van der Waals surface area contributed by atoms with E-state index >= 15 is 0 Å². The summed E-state index contributed by atoms with van der Waals surface area (Å²) in [6.07, 6.45) is 0. The summed E-state index contributed by atoms with van der Waals surface area (Å²) in [6, 6.07) is 20.4. The smallest absolute Gasteiger partial charge is 0.134 e. The van der Waals surface area contributed by atoms with Crippen molar-refractivity contribution in [3.8, 4) is 5.75 Å². The van der Waals surface area contributed by atoms with Crippen LogP contribution in [-0.2, 0) is 13.2 Å². The summed E-state index contributed by atoms with van der Waals surface area (Å²) >= 11 is 3.64. The third kappa shape index (κ3) is 2.94. The van der Waals surface area contributed by atoms with Crippen LogP contribution in [-0.4, -0.2) is 0 Å². The van der Waals surface area contributed by atoms with Gasteiger partial charge in [-0.05, 0) is 43.9 Å². The Balaban J connectivity index is 1.87. The largest absolute Gasteiger partial charge is 0.488 e. The molecule has 2 N–H and O–H groups in total. The molecule has 0 aromatic heterocycles. The fourth-order valence-corrected chi connectivity index (χ4v) is 2.99. The minimum Gasteiger partial charge on any atom is -0.488 e. The van der Waals surface area contributed by atoms with Gasteiger partial charge in [-0.2, -0.15) is 0 Å². The third-order valence-corrected chi connectivity index (χ3v) is 4.37. The zero-order chi connectivity index (χ0) is 14.7. The number of nitrogens with two attached hydrogens (primary N) is 1. The number of hydrogen-bond acceptors (Lipinski definition) is 2. The zero-order valence-electron chi connectivity index (χ0n) is 11.6. The molecule has 3 rings (SSSR count). The molecule has 106 valence electrons. The minimum absolute atomic E-state index is 0.518. The summed E-state index contributed by atoms with van der Waals surface area (Å²) in [7, 11) is 0. The van der Waals surface area contributed by atoms with E-state index in [4.69, 9.17) is 10.5 Å². The van der Waals surface area contributed by atoms with Crippen LogP contribution in [0.1, 0.15) is 11.1 Å². The normalized spacial score (nSPS) is 10.8. The van der Waals surface area contributed by atoms with E-state index in [2.05, 4.69) is 40.2 Å². The Bertz CT molecular complexity index is 770. The molecule has 21 heavy (non-hydrogen) atoms. The molecule has 0 aliphatic rings. The van der Waals surface area contributed by atoms with Crippen molar-refractivity contribution in [2.24, 2.45) is 5.73 Å². The van der Waals surface area contributed by atoms with Crippen LogP contribution in [0.25, 0.3) is 10.8 Å². The van der Waals surface area contributed by atoms with Crippen LogP contribution >= 0.6 is 15.9 Å². The highest BCUT2D eigenvalue weighted by atomic mass is 79.9. The number of fused-ring (bicyclic) bond motifs is 1. The van der Waals surface area contributed by atoms with Gasteiger partial charge in [-0.15, -0.1) is 0 Å². The Kier molecular flexibility index (Phi) is 4.23. The predicted octanol–water partition coefficient (Wildman–Crippen LogP) is 4.64. The van der Waals surface area contributed by atoms with E-state index in [1.165, 1.54) is 5.39 Å². The van der Waals surface area contributed by atoms with E-state index in [-0.39, 0.29) is 0 Å². The molecule has 3 aromatic rings. The van der Waals surface area contributed by atoms with Crippen LogP contribution in [0, 0.1) is 0 Å². The second-order valence-electron chi connectivity index (χ2n) is 4.86. The van der Waals surface area contributed by atoms with Gasteiger partial charge >= 0.3 is 0 Å². The Morgan fingerprint density at radius 3 is 2.38 bits per heavy atom. The quantitative estimate of drug-likeness (QED) is 0.750. The molecule has 0 saturated heterocycles. The number of benzene rings is 3. The molecule has 0 heterocycles. The van der Waals surface area contributed by atoms with Gasteiger partial charge in [0.1, 0.15) is 12.4 Å². The molecule has 3 heteroatoms. The van der Waals surface area contributed by atoms with E-state index in [1.807, 2.05) is 36.4 Å². The van der Waals surface area contributed by atoms with Gasteiger partial charge in [-0.1, -0.05) is 54.6 Å². The van der Waals surface area contributed by atoms with Crippen LogP contribution in [0.15, 0.2) is 65.1 Å². The van der Waals surface area contributed by atoms with E-state index < -0.39 is 0 Å². The Morgan fingerprint density at radius 1 is 0.857 bits per heavy atom. The van der Waals surface area contributed by atoms with Gasteiger partial charge in [0.05, 0.1) is 4.47 Å².